The zero-order valence-electron chi connectivity index (χ0n) is 13.7. The van der Waals surface area contributed by atoms with Crippen LogP contribution in [0.25, 0.3) is 0 Å². The molecule has 0 heterocycles. The average Bonchev–Trinajstić information content (AvgIpc) is 2.54. The Morgan fingerprint density at radius 3 is 2.54 bits per heavy atom. The molecule has 0 spiro atoms. The van der Waals surface area contributed by atoms with Crippen molar-refractivity contribution in [3.63, 3.8) is 0 Å². The second-order valence-corrected chi connectivity index (χ2v) is 5.91. The van der Waals surface area contributed by atoms with Gasteiger partial charge in [-0.05, 0) is 42.3 Å². The van der Waals surface area contributed by atoms with Crippen LogP contribution in [0.5, 0.6) is 11.5 Å². The summed E-state index contributed by atoms with van der Waals surface area (Å²) in [7, 11) is 1.55. The summed E-state index contributed by atoms with van der Waals surface area (Å²) in [6.45, 7) is 3.02. The molecule has 0 aromatic heterocycles. The van der Waals surface area contributed by atoms with Crippen molar-refractivity contribution in [3.8, 4) is 11.5 Å². The summed E-state index contributed by atoms with van der Waals surface area (Å²) in [5.74, 6) is 0.685. The van der Waals surface area contributed by atoms with Crippen LogP contribution in [0.1, 0.15) is 18.1 Å². The van der Waals surface area contributed by atoms with Crippen LogP contribution in [-0.2, 0) is 13.2 Å². The number of aliphatic hydroxyl groups excluding tert-OH is 1. The molecule has 0 fully saturated rings. The highest BCUT2D eigenvalue weighted by atomic mass is 35.5. The Bertz CT molecular complexity index is 662. The first kappa shape index (κ1) is 18.5. The molecule has 6 heteroatoms. The van der Waals surface area contributed by atoms with Crippen molar-refractivity contribution >= 4 is 11.6 Å². The van der Waals surface area contributed by atoms with Gasteiger partial charge in [0.2, 0.25) is 0 Å². The topological polar surface area (TPSA) is 50.7 Å². The lowest BCUT2D eigenvalue weighted by Crippen LogP contribution is -2.23. The van der Waals surface area contributed by atoms with Crippen LogP contribution in [0.2, 0.25) is 5.02 Å². The van der Waals surface area contributed by atoms with Crippen molar-refractivity contribution in [3.05, 3.63) is 58.4 Å². The molecule has 0 bridgehead atoms. The minimum absolute atomic E-state index is 0.260. The minimum Gasteiger partial charge on any atom is -0.493 e. The molecule has 4 nitrogen and oxygen atoms in total. The lowest BCUT2D eigenvalue weighted by molar-refractivity contribution is 0.191. The molecule has 0 radical (unpaired) electrons. The van der Waals surface area contributed by atoms with E-state index < -0.39 is 6.10 Å². The molecule has 0 aliphatic carbocycles. The van der Waals surface area contributed by atoms with E-state index in [0.29, 0.717) is 29.6 Å². The Morgan fingerprint density at radius 1 is 1.21 bits per heavy atom. The normalized spacial score (nSPS) is 12.0. The molecular weight excluding hydrogens is 333 g/mol. The van der Waals surface area contributed by atoms with Crippen molar-refractivity contribution in [2.45, 2.75) is 26.2 Å². The predicted octanol–water partition coefficient (Wildman–Crippen LogP) is 3.54. The molecule has 0 amide bonds. The summed E-state index contributed by atoms with van der Waals surface area (Å²) in [5, 5.41) is 12.8. The van der Waals surface area contributed by atoms with Gasteiger partial charge in [-0.15, -0.1) is 0 Å². The van der Waals surface area contributed by atoms with E-state index in [0.717, 1.165) is 11.1 Å². The van der Waals surface area contributed by atoms with E-state index in [1.807, 2.05) is 6.07 Å². The minimum atomic E-state index is -0.416. The summed E-state index contributed by atoms with van der Waals surface area (Å²) in [6, 6.07) is 9.71. The van der Waals surface area contributed by atoms with Crippen LogP contribution in [0.3, 0.4) is 0 Å². The number of nitrogens with one attached hydrogen (secondary N) is 1. The lowest BCUT2D eigenvalue weighted by atomic mass is 10.2. The van der Waals surface area contributed by atoms with Crippen LogP contribution in [0, 0.1) is 5.82 Å². The number of halogens is 2. The van der Waals surface area contributed by atoms with Crippen molar-refractivity contribution < 1.29 is 19.0 Å². The van der Waals surface area contributed by atoms with E-state index in [4.69, 9.17) is 21.1 Å². The van der Waals surface area contributed by atoms with Crippen molar-refractivity contribution in [2.24, 2.45) is 0 Å². The van der Waals surface area contributed by atoms with Gasteiger partial charge in [-0.1, -0.05) is 23.7 Å². The molecule has 2 N–H and O–H groups in total. The van der Waals surface area contributed by atoms with Gasteiger partial charge in [0.15, 0.2) is 11.5 Å². The Balaban J connectivity index is 2.07. The van der Waals surface area contributed by atoms with Gasteiger partial charge in [-0.3, -0.25) is 0 Å². The maximum absolute atomic E-state index is 12.9. The molecular formula is C18H21ClFNO3. The van der Waals surface area contributed by atoms with Crippen LogP contribution in [0.15, 0.2) is 36.4 Å². The molecule has 2 rings (SSSR count). The third-order valence-electron chi connectivity index (χ3n) is 3.35. The maximum Gasteiger partial charge on any atom is 0.180 e. The largest absolute Gasteiger partial charge is 0.493 e. The first-order valence-electron chi connectivity index (χ1n) is 7.62. The molecule has 1 unspecified atom stereocenters. The van der Waals surface area contributed by atoms with Gasteiger partial charge in [-0.2, -0.15) is 0 Å². The molecule has 2 aromatic rings. The van der Waals surface area contributed by atoms with Crippen LogP contribution in [0.4, 0.5) is 4.39 Å². The molecule has 2 aromatic carbocycles. The highest BCUT2D eigenvalue weighted by molar-refractivity contribution is 6.32. The Morgan fingerprint density at radius 2 is 1.92 bits per heavy atom. The fourth-order valence-electron chi connectivity index (χ4n) is 2.18. The number of hydrogen-bond acceptors (Lipinski definition) is 4. The highest BCUT2D eigenvalue weighted by Gasteiger charge is 2.12. The monoisotopic (exact) mass is 353 g/mol. The summed E-state index contributed by atoms with van der Waals surface area (Å²) in [6.07, 6.45) is -0.416. The van der Waals surface area contributed by atoms with Gasteiger partial charge < -0.3 is 19.9 Å². The zero-order chi connectivity index (χ0) is 17.5. The fraction of sp³-hybridized carbons (Fsp3) is 0.333. The second kappa shape index (κ2) is 8.87. The van der Waals surface area contributed by atoms with Crippen LogP contribution < -0.4 is 14.8 Å². The Hall–Kier alpha value is -1.82. The Labute approximate surface area is 146 Å². The van der Waals surface area contributed by atoms with E-state index in [2.05, 4.69) is 5.32 Å². The van der Waals surface area contributed by atoms with Gasteiger partial charge in [0.05, 0.1) is 18.2 Å². The van der Waals surface area contributed by atoms with E-state index in [-0.39, 0.29) is 12.4 Å². The summed E-state index contributed by atoms with van der Waals surface area (Å²) >= 11 is 6.30. The second-order valence-electron chi connectivity index (χ2n) is 5.50. The smallest absolute Gasteiger partial charge is 0.180 e. The van der Waals surface area contributed by atoms with Crippen LogP contribution in [-0.4, -0.2) is 24.9 Å². The molecule has 0 saturated heterocycles. The average molecular weight is 354 g/mol. The highest BCUT2D eigenvalue weighted by Crippen LogP contribution is 2.37. The van der Waals surface area contributed by atoms with E-state index in [1.165, 1.54) is 12.1 Å². The van der Waals surface area contributed by atoms with Crippen molar-refractivity contribution in [1.29, 1.82) is 0 Å². The van der Waals surface area contributed by atoms with E-state index >= 15 is 0 Å². The fourth-order valence-corrected chi connectivity index (χ4v) is 2.46. The number of ether oxygens (including phenoxy) is 2. The third-order valence-corrected chi connectivity index (χ3v) is 3.64. The Kier molecular flexibility index (Phi) is 6.85. The van der Waals surface area contributed by atoms with Gasteiger partial charge in [0, 0.05) is 13.1 Å². The predicted molar refractivity (Wildman–Crippen MR) is 92.1 cm³/mol. The standard InChI is InChI=1S/C18H21ClFNO3/c1-12(22)9-21-10-14-7-16(19)18(17(8-14)23-2)24-11-13-3-5-15(20)6-4-13/h3-8,12,21-22H,9-11H2,1-2H3. The molecule has 0 aliphatic heterocycles. The van der Waals surface area contributed by atoms with Gasteiger partial charge in [-0.25, -0.2) is 4.39 Å². The first-order valence-corrected chi connectivity index (χ1v) is 8.00. The molecule has 24 heavy (non-hydrogen) atoms. The quantitative estimate of drug-likeness (QED) is 0.762. The summed E-state index contributed by atoms with van der Waals surface area (Å²) in [5.41, 5.74) is 1.75. The third kappa shape index (κ3) is 5.37. The molecule has 130 valence electrons. The van der Waals surface area contributed by atoms with Crippen LogP contribution >= 0.6 is 11.6 Å². The SMILES string of the molecule is COc1cc(CNCC(C)O)cc(Cl)c1OCc1ccc(F)cc1. The summed E-state index contributed by atoms with van der Waals surface area (Å²) < 4.78 is 24.0. The number of methoxy groups -OCH3 is 1. The molecule has 0 saturated carbocycles. The van der Waals surface area contributed by atoms with Gasteiger partial charge in [0.25, 0.3) is 0 Å². The number of aliphatic hydroxyl groups is 1. The number of hydrogen-bond donors (Lipinski definition) is 2. The van der Waals surface area contributed by atoms with Gasteiger partial charge in [0.1, 0.15) is 12.4 Å². The maximum atomic E-state index is 12.9. The summed E-state index contributed by atoms with van der Waals surface area (Å²) in [4.78, 5) is 0. The molecule has 0 aliphatic rings. The van der Waals surface area contributed by atoms with E-state index in [1.54, 1.807) is 32.2 Å². The van der Waals surface area contributed by atoms with E-state index in [9.17, 15) is 9.50 Å². The van der Waals surface area contributed by atoms with Crippen molar-refractivity contribution in [1.82, 2.24) is 5.32 Å². The first-order chi connectivity index (χ1) is 11.5. The zero-order valence-corrected chi connectivity index (χ0v) is 14.4. The van der Waals surface area contributed by atoms with Crippen molar-refractivity contribution in [2.75, 3.05) is 13.7 Å². The lowest BCUT2D eigenvalue weighted by Gasteiger charge is -2.15. The number of rotatable bonds is 8. The number of benzene rings is 2. The van der Waals surface area contributed by atoms with Gasteiger partial charge >= 0.3 is 0 Å². The molecule has 1 atom stereocenters.